The maximum atomic E-state index is 13.5. The van der Waals surface area contributed by atoms with Gasteiger partial charge in [0.05, 0.1) is 17.6 Å². The van der Waals surface area contributed by atoms with E-state index in [0.29, 0.717) is 11.4 Å². The van der Waals surface area contributed by atoms with Gasteiger partial charge in [-0.05, 0) is 30.3 Å². The first kappa shape index (κ1) is 13.0. The van der Waals surface area contributed by atoms with Gasteiger partial charge in [-0.2, -0.15) is 0 Å². The van der Waals surface area contributed by atoms with Crippen molar-refractivity contribution >= 4 is 11.6 Å². The Morgan fingerprint density at radius 3 is 2.71 bits per heavy atom. The summed E-state index contributed by atoms with van der Waals surface area (Å²) in [6, 6.07) is 7.79. The van der Waals surface area contributed by atoms with Gasteiger partial charge in [0.15, 0.2) is 0 Å². The molecule has 0 aliphatic carbocycles. The number of benzene rings is 1. The lowest BCUT2D eigenvalue weighted by atomic mass is 10.2. The Kier molecular flexibility index (Phi) is 3.42. The fourth-order valence-corrected chi connectivity index (χ4v) is 1.92. The highest BCUT2D eigenvalue weighted by Gasteiger charge is 2.12. The number of carbonyl (C=O) groups is 1. The van der Waals surface area contributed by atoms with E-state index in [4.69, 9.17) is 0 Å². The molecule has 0 aliphatic heterocycles. The second-order valence-corrected chi connectivity index (χ2v) is 4.30. The van der Waals surface area contributed by atoms with E-state index in [9.17, 15) is 9.18 Å². The molecule has 1 amide bonds. The van der Waals surface area contributed by atoms with E-state index in [1.165, 1.54) is 36.8 Å². The molecule has 2 heterocycles. The average molecular weight is 282 g/mol. The highest BCUT2D eigenvalue weighted by Crippen LogP contribution is 2.22. The largest absolute Gasteiger partial charge is 0.322 e. The minimum atomic E-state index is -0.400. The Morgan fingerprint density at radius 2 is 2.00 bits per heavy atom. The lowest BCUT2D eigenvalue weighted by Gasteiger charge is -2.12. The summed E-state index contributed by atoms with van der Waals surface area (Å²) < 4.78 is 15.2. The molecule has 2 aromatic heterocycles. The SMILES string of the molecule is O=C(Nc1ccc(F)cc1-n1cccc1)c1cnccn1. The van der Waals surface area contributed by atoms with E-state index in [2.05, 4.69) is 15.3 Å². The highest BCUT2D eigenvalue weighted by atomic mass is 19.1. The predicted molar refractivity (Wildman–Crippen MR) is 75.7 cm³/mol. The molecule has 0 spiro atoms. The highest BCUT2D eigenvalue weighted by molar-refractivity contribution is 6.03. The van der Waals surface area contributed by atoms with Gasteiger partial charge < -0.3 is 9.88 Å². The molecule has 1 N–H and O–H groups in total. The fourth-order valence-electron chi connectivity index (χ4n) is 1.92. The van der Waals surface area contributed by atoms with Crippen molar-refractivity contribution in [3.8, 4) is 5.69 Å². The topological polar surface area (TPSA) is 59.8 Å². The molecule has 0 atom stereocenters. The van der Waals surface area contributed by atoms with Crippen molar-refractivity contribution in [1.82, 2.24) is 14.5 Å². The summed E-state index contributed by atoms with van der Waals surface area (Å²) in [4.78, 5) is 19.9. The summed E-state index contributed by atoms with van der Waals surface area (Å²) in [5, 5.41) is 2.71. The Labute approximate surface area is 120 Å². The maximum absolute atomic E-state index is 13.5. The molecule has 6 heteroatoms. The van der Waals surface area contributed by atoms with Crippen LogP contribution >= 0.6 is 0 Å². The lowest BCUT2D eigenvalue weighted by molar-refractivity contribution is 0.102. The van der Waals surface area contributed by atoms with Crippen molar-refractivity contribution in [3.63, 3.8) is 0 Å². The number of amides is 1. The molecular formula is C15H11FN4O. The Bertz CT molecular complexity index is 757. The smallest absolute Gasteiger partial charge is 0.275 e. The number of nitrogens with one attached hydrogen (secondary N) is 1. The van der Waals surface area contributed by atoms with Crippen LogP contribution in [0, 0.1) is 5.82 Å². The van der Waals surface area contributed by atoms with Crippen LogP contribution in [0.2, 0.25) is 0 Å². The zero-order valence-corrected chi connectivity index (χ0v) is 10.9. The zero-order chi connectivity index (χ0) is 14.7. The van der Waals surface area contributed by atoms with Crippen molar-refractivity contribution in [2.24, 2.45) is 0 Å². The summed E-state index contributed by atoms with van der Waals surface area (Å²) in [6.45, 7) is 0. The van der Waals surface area contributed by atoms with Gasteiger partial charge in [0.25, 0.3) is 5.91 Å². The number of rotatable bonds is 3. The number of hydrogen-bond donors (Lipinski definition) is 1. The van der Waals surface area contributed by atoms with Crippen LogP contribution in [0.5, 0.6) is 0 Å². The predicted octanol–water partition coefficient (Wildman–Crippen LogP) is 2.66. The second kappa shape index (κ2) is 5.54. The molecule has 1 aromatic carbocycles. The minimum Gasteiger partial charge on any atom is -0.322 e. The van der Waals surface area contributed by atoms with Gasteiger partial charge in [-0.25, -0.2) is 9.37 Å². The second-order valence-electron chi connectivity index (χ2n) is 4.30. The number of halogens is 1. The van der Waals surface area contributed by atoms with E-state index in [1.807, 2.05) is 12.1 Å². The van der Waals surface area contributed by atoms with Crippen LogP contribution in [-0.4, -0.2) is 20.4 Å². The third kappa shape index (κ3) is 2.79. The summed E-state index contributed by atoms with van der Waals surface area (Å²) in [6.07, 6.45) is 7.83. The molecule has 104 valence electrons. The number of nitrogens with zero attached hydrogens (tertiary/aromatic N) is 3. The van der Waals surface area contributed by atoms with Crippen molar-refractivity contribution in [2.45, 2.75) is 0 Å². The molecule has 3 aromatic rings. The van der Waals surface area contributed by atoms with E-state index in [0.717, 1.165) is 0 Å². The summed E-state index contributed by atoms with van der Waals surface area (Å²) in [5.41, 5.74) is 1.22. The first-order chi connectivity index (χ1) is 10.2. The molecule has 3 rings (SSSR count). The summed E-state index contributed by atoms with van der Waals surface area (Å²) >= 11 is 0. The molecule has 0 unspecified atom stereocenters. The van der Waals surface area contributed by atoms with E-state index >= 15 is 0 Å². The van der Waals surface area contributed by atoms with E-state index < -0.39 is 5.91 Å². The lowest BCUT2D eigenvalue weighted by Crippen LogP contribution is -2.15. The van der Waals surface area contributed by atoms with Gasteiger partial charge in [-0.3, -0.25) is 9.78 Å². The zero-order valence-electron chi connectivity index (χ0n) is 10.9. The number of aromatic nitrogens is 3. The molecule has 21 heavy (non-hydrogen) atoms. The fraction of sp³-hybridized carbons (Fsp3) is 0. The van der Waals surface area contributed by atoms with Gasteiger partial charge >= 0.3 is 0 Å². The van der Waals surface area contributed by atoms with Crippen LogP contribution in [0.3, 0.4) is 0 Å². The Hall–Kier alpha value is -3.02. The third-order valence-corrected chi connectivity index (χ3v) is 2.89. The molecule has 0 saturated heterocycles. The molecule has 0 radical (unpaired) electrons. The Balaban J connectivity index is 1.94. The first-order valence-electron chi connectivity index (χ1n) is 6.24. The molecule has 0 saturated carbocycles. The third-order valence-electron chi connectivity index (χ3n) is 2.89. The van der Waals surface area contributed by atoms with E-state index in [-0.39, 0.29) is 11.5 Å². The first-order valence-corrected chi connectivity index (χ1v) is 6.24. The molecule has 0 bridgehead atoms. The van der Waals surface area contributed by atoms with Gasteiger partial charge in [-0.1, -0.05) is 0 Å². The molecular weight excluding hydrogens is 271 g/mol. The number of anilines is 1. The number of carbonyl (C=O) groups excluding carboxylic acids is 1. The normalized spacial score (nSPS) is 10.3. The van der Waals surface area contributed by atoms with Crippen molar-refractivity contribution in [2.75, 3.05) is 5.32 Å². The standard InChI is InChI=1S/C15H11FN4O/c16-11-3-4-12(14(9-11)20-7-1-2-8-20)19-15(21)13-10-17-5-6-18-13/h1-10H,(H,19,21). The van der Waals surface area contributed by atoms with E-state index in [1.54, 1.807) is 17.0 Å². The van der Waals surface area contributed by atoms with Crippen molar-refractivity contribution in [3.05, 3.63) is 72.8 Å². The molecule has 5 nitrogen and oxygen atoms in total. The maximum Gasteiger partial charge on any atom is 0.275 e. The van der Waals surface area contributed by atoms with Gasteiger partial charge in [0.2, 0.25) is 0 Å². The van der Waals surface area contributed by atoms with Crippen LogP contribution in [0.25, 0.3) is 5.69 Å². The minimum absolute atomic E-state index is 0.195. The molecule has 0 aliphatic rings. The Morgan fingerprint density at radius 1 is 1.19 bits per heavy atom. The van der Waals surface area contributed by atoms with Crippen LogP contribution in [0.1, 0.15) is 10.5 Å². The number of hydrogen-bond acceptors (Lipinski definition) is 3. The summed E-state index contributed by atoms with van der Waals surface area (Å²) in [7, 11) is 0. The van der Waals surface area contributed by atoms with Crippen LogP contribution in [0.15, 0.2) is 61.3 Å². The monoisotopic (exact) mass is 282 g/mol. The quantitative estimate of drug-likeness (QED) is 0.803. The molecule has 0 fully saturated rings. The summed E-state index contributed by atoms with van der Waals surface area (Å²) in [5.74, 6) is -0.778. The van der Waals surface area contributed by atoms with Crippen LogP contribution in [-0.2, 0) is 0 Å². The average Bonchev–Trinajstić information content (AvgIpc) is 3.04. The van der Waals surface area contributed by atoms with Crippen LogP contribution < -0.4 is 5.32 Å². The van der Waals surface area contributed by atoms with Crippen molar-refractivity contribution < 1.29 is 9.18 Å². The van der Waals surface area contributed by atoms with Crippen LogP contribution in [0.4, 0.5) is 10.1 Å². The van der Waals surface area contributed by atoms with Gasteiger partial charge in [0, 0.05) is 24.8 Å². The van der Waals surface area contributed by atoms with Gasteiger partial charge in [0.1, 0.15) is 11.5 Å². The van der Waals surface area contributed by atoms with Gasteiger partial charge in [-0.15, -0.1) is 0 Å². The van der Waals surface area contributed by atoms with Crippen molar-refractivity contribution in [1.29, 1.82) is 0 Å².